The van der Waals surface area contributed by atoms with Crippen LogP contribution in [0.4, 0.5) is 5.69 Å². The van der Waals surface area contributed by atoms with Gasteiger partial charge in [0.1, 0.15) is 6.33 Å². The van der Waals surface area contributed by atoms with Crippen molar-refractivity contribution in [3.05, 3.63) is 47.9 Å². The van der Waals surface area contributed by atoms with Gasteiger partial charge in [0.05, 0.1) is 5.03 Å². The van der Waals surface area contributed by atoms with Crippen molar-refractivity contribution in [2.24, 2.45) is 0 Å². The monoisotopic (exact) mass is 315 g/mol. The van der Waals surface area contributed by atoms with Crippen LogP contribution >= 0.6 is 11.8 Å². The summed E-state index contributed by atoms with van der Waals surface area (Å²) < 4.78 is 0. The van der Waals surface area contributed by atoms with Crippen molar-refractivity contribution in [1.29, 1.82) is 0 Å². The zero-order valence-electron chi connectivity index (χ0n) is 13.2. The maximum atomic E-state index is 12.1. The topological polar surface area (TPSA) is 54.9 Å². The number of hydrogen-bond donors (Lipinski definition) is 1. The summed E-state index contributed by atoms with van der Waals surface area (Å²) in [5.74, 6) is 1.12. The van der Waals surface area contributed by atoms with Gasteiger partial charge in [-0.3, -0.25) is 4.79 Å². The van der Waals surface area contributed by atoms with Crippen molar-refractivity contribution in [3.8, 4) is 0 Å². The number of carbonyl (C=O) groups is 1. The Morgan fingerprint density at radius 2 is 2.05 bits per heavy atom. The number of amides is 1. The number of benzene rings is 1. The van der Waals surface area contributed by atoms with Gasteiger partial charge in [0.25, 0.3) is 0 Å². The van der Waals surface area contributed by atoms with Crippen molar-refractivity contribution < 1.29 is 4.79 Å². The van der Waals surface area contributed by atoms with E-state index in [1.807, 2.05) is 31.2 Å². The van der Waals surface area contributed by atoms with Crippen LogP contribution in [0.5, 0.6) is 0 Å². The van der Waals surface area contributed by atoms with Gasteiger partial charge in [0, 0.05) is 23.6 Å². The van der Waals surface area contributed by atoms with Crippen LogP contribution in [0.1, 0.15) is 37.4 Å². The lowest BCUT2D eigenvalue weighted by Crippen LogP contribution is -2.14. The maximum absolute atomic E-state index is 12.1. The molecular weight excluding hydrogens is 294 g/mol. The molecule has 1 aromatic carbocycles. The SMILES string of the molecule is Cc1cc(SCCC(=O)Nc2ccccc2C(C)C)ncn1. The second-order valence-electron chi connectivity index (χ2n) is 5.39. The van der Waals surface area contributed by atoms with Gasteiger partial charge in [-0.1, -0.05) is 32.0 Å². The lowest BCUT2D eigenvalue weighted by molar-refractivity contribution is -0.115. The Bertz CT molecular complexity index is 643. The zero-order valence-corrected chi connectivity index (χ0v) is 14.0. The molecule has 0 unspecified atom stereocenters. The van der Waals surface area contributed by atoms with Crippen LogP contribution in [0, 0.1) is 6.92 Å². The molecule has 0 saturated heterocycles. The van der Waals surface area contributed by atoms with Gasteiger partial charge in [-0.2, -0.15) is 0 Å². The van der Waals surface area contributed by atoms with E-state index in [1.165, 1.54) is 0 Å². The molecule has 2 aromatic rings. The average Bonchev–Trinajstić information content (AvgIpc) is 2.47. The second kappa shape index (κ2) is 7.94. The van der Waals surface area contributed by atoms with Crippen LogP contribution < -0.4 is 5.32 Å². The van der Waals surface area contributed by atoms with E-state index >= 15 is 0 Å². The van der Waals surface area contributed by atoms with Crippen LogP contribution in [-0.2, 0) is 4.79 Å². The number of rotatable bonds is 6. The van der Waals surface area contributed by atoms with Crippen molar-refractivity contribution >= 4 is 23.4 Å². The summed E-state index contributed by atoms with van der Waals surface area (Å²) in [6, 6.07) is 9.88. The number of anilines is 1. The summed E-state index contributed by atoms with van der Waals surface area (Å²) >= 11 is 1.57. The van der Waals surface area contributed by atoms with Crippen molar-refractivity contribution in [3.63, 3.8) is 0 Å². The van der Waals surface area contributed by atoms with Crippen LogP contribution in [-0.4, -0.2) is 21.6 Å². The smallest absolute Gasteiger partial charge is 0.225 e. The van der Waals surface area contributed by atoms with Crippen molar-refractivity contribution in [1.82, 2.24) is 9.97 Å². The Hall–Kier alpha value is -1.88. The second-order valence-corrected chi connectivity index (χ2v) is 6.50. The van der Waals surface area contributed by atoms with E-state index in [9.17, 15) is 4.79 Å². The summed E-state index contributed by atoms with van der Waals surface area (Å²) in [7, 11) is 0. The molecule has 1 aromatic heterocycles. The summed E-state index contributed by atoms with van der Waals surface area (Å²) in [5.41, 5.74) is 3.01. The number of aryl methyl sites for hydroxylation is 1. The molecule has 0 aliphatic heterocycles. The Labute approximate surface area is 135 Å². The summed E-state index contributed by atoms with van der Waals surface area (Å²) in [4.78, 5) is 20.3. The summed E-state index contributed by atoms with van der Waals surface area (Å²) in [6.45, 7) is 6.18. The number of nitrogens with one attached hydrogen (secondary N) is 1. The Balaban J connectivity index is 1.86. The highest BCUT2D eigenvalue weighted by Gasteiger charge is 2.09. The van der Waals surface area contributed by atoms with E-state index < -0.39 is 0 Å². The van der Waals surface area contributed by atoms with Crippen LogP contribution in [0.25, 0.3) is 0 Å². The third-order valence-corrected chi connectivity index (χ3v) is 4.14. The molecule has 22 heavy (non-hydrogen) atoms. The minimum absolute atomic E-state index is 0.0337. The lowest BCUT2D eigenvalue weighted by Gasteiger charge is -2.13. The molecular formula is C17H21N3OS. The van der Waals surface area contributed by atoms with Gasteiger partial charge in [-0.05, 0) is 30.5 Å². The lowest BCUT2D eigenvalue weighted by atomic mass is 10.0. The summed E-state index contributed by atoms with van der Waals surface area (Å²) in [5, 5.41) is 3.91. The van der Waals surface area contributed by atoms with Gasteiger partial charge < -0.3 is 5.32 Å². The minimum Gasteiger partial charge on any atom is -0.326 e. The molecule has 1 heterocycles. The molecule has 4 nitrogen and oxygen atoms in total. The Morgan fingerprint density at radius 1 is 1.27 bits per heavy atom. The van der Waals surface area contributed by atoms with E-state index in [1.54, 1.807) is 18.1 Å². The van der Waals surface area contributed by atoms with E-state index in [4.69, 9.17) is 0 Å². The fourth-order valence-electron chi connectivity index (χ4n) is 2.08. The number of hydrogen-bond acceptors (Lipinski definition) is 4. The number of aromatic nitrogens is 2. The molecule has 0 aliphatic rings. The number of thioether (sulfide) groups is 1. The predicted octanol–water partition coefficient (Wildman–Crippen LogP) is 4.03. The molecule has 0 spiro atoms. The molecule has 5 heteroatoms. The molecule has 0 fully saturated rings. The number of nitrogens with zero attached hydrogens (tertiary/aromatic N) is 2. The average molecular weight is 315 g/mol. The van der Waals surface area contributed by atoms with E-state index in [0.717, 1.165) is 22.0 Å². The first-order valence-electron chi connectivity index (χ1n) is 7.36. The molecule has 116 valence electrons. The van der Waals surface area contributed by atoms with E-state index in [0.29, 0.717) is 18.1 Å². The first-order chi connectivity index (χ1) is 10.6. The molecule has 1 amide bonds. The first-order valence-corrected chi connectivity index (χ1v) is 8.35. The van der Waals surface area contributed by atoms with Crippen LogP contribution in [0.2, 0.25) is 0 Å². The van der Waals surface area contributed by atoms with Gasteiger partial charge in [-0.15, -0.1) is 11.8 Å². The van der Waals surface area contributed by atoms with Gasteiger partial charge in [0.2, 0.25) is 5.91 Å². The standard InChI is InChI=1S/C17H21N3OS/c1-12(2)14-6-4-5-7-15(14)20-16(21)8-9-22-17-10-13(3)18-11-19-17/h4-7,10-12H,8-9H2,1-3H3,(H,20,21). The highest BCUT2D eigenvalue weighted by atomic mass is 32.2. The van der Waals surface area contributed by atoms with Crippen LogP contribution in [0.15, 0.2) is 41.7 Å². The third kappa shape index (κ3) is 4.84. The predicted molar refractivity (Wildman–Crippen MR) is 91.3 cm³/mol. The molecule has 2 rings (SSSR count). The van der Waals surface area contributed by atoms with E-state index in [-0.39, 0.29) is 5.91 Å². The van der Waals surface area contributed by atoms with Gasteiger partial charge in [0.15, 0.2) is 0 Å². The Morgan fingerprint density at radius 3 is 2.77 bits per heavy atom. The molecule has 0 atom stereocenters. The molecule has 0 aliphatic carbocycles. The third-order valence-electron chi connectivity index (χ3n) is 3.21. The molecule has 0 bridgehead atoms. The number of carbonyl (C=O) groups excluding carboxylic acids is 1. The minimum atomic E-state index is 0.0337. The quantitative estimate of drug-likeness (QED) is 0.646. The highest BCUT2D eigenvalue weighted by molar-refractivity contribution is 7.99. The first kappa shape index (κ1) is 16.5. The largest absolute Gasteiger partial charge is 0.326 e. The zero-order chi connectivity index (χ0) is 15.9. The van der Waals surface area contributed by atoms with Crippen molar-refractivity contribution in [2.75, 3.05) is 11.1 Å². The fourth-order valence-corrected chi connectivity index (χ4v) is 2.96. The molecule has 1 N–H and O–H groups in total. The normalized spacial score (nSPS) is 10.7. The van der Waals surface area contributed by atoms with Crippen molar-refractivity contribution in [2.45, 2.75) is 38.1 Å². The Kier molecular flexibility index (Phi) is 5.95. The maximum Gasteiger partial charge on any atom is 0.225 e. The fraction of sp³-hybridized carbons (Fsp3) is 0.353. The van der Waals surface area contributed by atoms with Crippen LogP contribution in [0.3, 0.4) is 0 Å². The molecule has 0 saturated carbocycles. The van der Waals surface area contributed by atoms with Gasteiger partial charge in [-0.25, -0.2) is 9.97 Å². The highest BCUT2D eigenvalue weighted by Crippen LogP contribution is 2.24. The van der Waals surface area contributed by atoms with E-state index in [2.05, 4.69) is 35.2 Å². The molecule has 0 radical (unpaired) electrons. The van der Waals surface area contributed by atoms with Gasteiger partial charge >= 0.3 is 0 Å². The summed E-state index contributed by atoms with van der Waals surface area (Å²) in [6.07, 6.45) is 2.01. The number of para-hydroxylation sites is 1.